The van der Waals surface area contributed by atoms with Crippen molar-refractivity contribution < 1.29 is 13.2 Å². The van der Waals surface area contributed by atoms with Crippen LogP contribution in [-0.4, -0.2) is 26.6 Å². The lowest BCUT2D eigenvalue weighted by Crippen LogP contribution is -2.36. The summed E-state index contributed by atoms with van der Waals surface area (Å²) in [6, 6.07) is 6.42. The summed E-state index contributed by atoms with van der Waals surface area (Å²) in [5, 5.41) is 2.98. The molecule has 0 spiro atoms. The van der Waals surface area contributed by atoms with Crippen LogP contribution >= 0.6 is 0 Å². The van der Waals surface area contributed by atoms with E-state index in [0.29, 0.717) is 5.56 Å². The van der Waals surface area contributed by atoms with Gasteiger partial charge in [-0.2, -0.15) is 0 Å². The lowest BCUT2D eigenvalue weighted by molar-refractivity contribution is 0.0927. The second-order valence-electron chi connectivity index (χ2n) is 5.11. The van der Waals surface area contributed by atoms with Crippen molar-refractivity contribution in [2.45, 2.75) is 43.0 Å². The number of rotatable bonds is 3. The van der Waals surface area contributed by atoms with E-state index in [2.05, 4.69) is 5.32 Å². The maximum absolute atomic E-state index is 12.1. The van der Waals surface area contributed by atoms with Gasteiger partial charge in [-0.3, -0.25) is 4.79 Å². The van der Waals surface area contributed by atoms with Gasteiger partial charge in [0.2, 0.25) is 0 Å². The average Bonchev–Trinajstić information content (AvgIpc) is 2.39. The van der Waals surface area contributed by atoms with Crippen LogP contribution in [0, 0.1) is 0 Å². The molecule has 4 nitrogen and oxygen atoms in total. The highest BCUT2D eigenvalue weighted by molar-refractivity contribution is 7.90. The largest absolute Gasteiger partial charge is 0.349 e. The van der Waals surface area contributed by atoms with Gasteiger partial charge in [-0.25, -0.2) is 8.42 Å². The molecule has 104 valence electrons. The zero-order chi connectivity index (χ0) is 13.9. The predicted molar refractivity (Wildman–Crippen MR) is 73.9 cm³/mol. The van der Waals surface area contributed by atoms with Gasteiger partial charge in [0.15, 0.2) is 9.84 Å². The van der Waals surface area contributed by atoms with E-state index >= 15 is 0 Å². The molecule has 1 amide bonds. The first-order chi connectivity index (χ1) is 8.97. The number of carbonyl (C=O) groups excluding carboxylic acids is 1. The van der Waals surface area contributed by atoms with Crippen LogP contribution in [0.3, 0.4) is 0 Å². The molecule has 5 heteroatoms. The zero-order valence-corrected chi connectivity index (χ0v) is 11.9. The summed E-state index contributed by atoms with van der Waals surface area (Å²) in [5.74, 6) is -0.183. The van der Waals surface area contributed by atoms with Gasteiger partial charge in [-0.1, -0.05) is 25.3 Å². The van der Waals surface area contributed by atoms with Crippen molar-refractivity contribution >= 4 is 15.7 Å². The Labute approximate surface area is 114 Å². The number of benzene rings is 1. The Morgan fingerprint density at radius 2 is 1.89 bits per heavy atom. The van der Waals surface area contributed by atoms with E-state index in [-0.39, 0.29) is 16.8 Å². The molecule has 1 saturated carbocycles. The highest BCUT2D eigenvalue weighted by Crippen LogP contribution is 2.18. The van der Waals surface area contributed by atoms with Crippen molar-refractivity contribution in [3.05, 3.63) is 29.8 Å². The molecule has 1 N–H and O–H groups in total. The molecule has 1 aliphatic carbocycles. The fraction of sp³-hybridized carbons (Fsp3) is 0.500. The summed E-state index contributed by atoms with van der Waals surface area (Å²) >= 11 is 0. The fourth-order valence-electron chi connectivity index (χ4n) is 2.38. The predicted octanol–water partition coefficient (Wildman–Crippen LogP) is 2.15. The first kappa shape index (κ1) is 14.1. The van der Waals surface area contributed by atoms with Crippen molar-refractivity contribution in [2.75, 3.05) is 6.26 Å². The third kappa shape index (κ3) is 3.80. The van der Waals surface area contributed by atoms with Gasteiger partial charge in [0.1, 0.15) is 0 Å². The van der Waals surface area contributed by atoms with Crippen LogP contribution in [0.15, 0.2) is 29.2 Å². The molecule has 19 heavy (non-hydrogen) atoms. The SMILES string of the molecule is CS(=O)(=O)c1cccc(C(=O)NC2CCCCC2)c1. The number of carbonyl (C=O) groups is 1. The molecule has 2 rings (SSSR count). The van der Waals surface area contributed by atoms with Gasteiger partial charge in [0, 0.05) is 17.9 Å². The van der Waals surface area contributed by atoms with Crippen molar-refractivity contribution in [3.8, 4) is 0 Å². The van der Waals surface area contributed by atoms with Crippen molar-refractivity contribution in [1.82, 2.24) is 5.32 Å². The molecular weight excluding hydrogens is 262 g/mol. The first-order valence-corrected chi connectivity index (χ1v) is 8.47. The topological polar surface area (TPSA) is 63.2 Å². The zero-order valence-electron chi connectivity index (χ0n) is 11.1. The molecule has 0 aliphatic heterocycles. The maximum atomic E-state index is 12.1. The minimum Gasteiger partial charge on any atom is -0.349 e. The van der Waals surface area contributed by atoms with Crippen LogP contribution in [0.1, 0.15) is 42.5 Å². The van der Waals surface area contributed by atoms with Gasteiger partial charge in [0.25, 0.3) is 5.91 Å². The number of amides is 1. The molecule has 1 aromatic carbocycles. The second kappa shape index (κ2) is 5.74. The van der Waals surface area contributed by atoms with Gasteiger partial charge in [-0.15, -0.1) is 0 Å². The van der Waals surface area contributed by atoms with E-state index in [4.69, 9.17) is 0 Å². The van der Waals surface area contributed by atoms with Crippen LogP contribution in [0.25, 0.3) is 0 Å². The van der Waals surface area contributed by atoms with Crippen LogP contribution < -0.4 is 5.32 Å². The molecule has 0 radical (unpaired) electrons. The standard InChI is InChI=1S/C14H19NO3S/c1-19(17,18)13-9-5-6-11(10-13)14(16)15-12-7-3-2-4-8-12/h5-6,9-10,12H,2-4,7-8H2,1H3,(H,15,16). The molecule has 0 unspecified atom stereocenters. The summed E-state index contributed by atoms with van der Waals surface area (Å²) in [5.41, 5.74) is 0.411. The van der Waals surface area contributed by atoms with Crippen LogP contribution in [-0.2, 0) is 9.84 Å². The monoisotopic (exact) mass is 281 g/mol. The smallest absolute Gasteiger partial charge is 0.251 e. The number of sulfone groups is 1. The van der Waals surface area contributed by atoms with Crippen molar-refractivity contribution in [2.24, 2.45) is 0 Å². The Bertz CT molecular complexity index is 560. The highest BCUT2D eigenvalue weighted by Gasteiger charge is 2.17. The van der Waals surface area contributed by atoms with E-state index in [1.165, 1.54) is 18.6 Å². The van der Waals surface area contributed by atoms with Gasteiger partial charge < -0.3 is 5.32 Å². The summed E-state index contributed by atoms with van der Waals surface area (Å²) in [7, 11) is -3.27. The number of hydrogen-bond acceptors (Lipinski definition) is 3. The molecule has 1 fully saturated rings. The molecule has 0 atom stereocenters. The quantitative estimate of drug-likeness (QED) is 0.923. The van der Waals surface area contributed by atoms with E-state index in [0.717, 1.165) is 31.9 Å². The molecule has 0 aromatic heterocycles. The van der Waals surface area contributed by atoms with E-state index < -0.39 is 9.84 Å². The number of nitrogens with one attached hydrogen (secondary N) is 1. The van der Waals surface area contributed by atoms with E-state index in [1.807, 2.05) is 0 Å². The molecule has 1 aliphatic rings. The Balaban J connectivity index is 2.10. The minimum atomic E-state index is -3.27. The molecule has 0 bridgehead atoms. The molecular formula is C14H19NO3S. The van der Waals surface area contributed by atoms with E-state index in [1.54, 1.807) is 12.1 Å². The van der Waals surface area contributed by atoms with E-state index in [9.17, 15) is 13.2 Å². The Morgan fingerprint density at radius 3 is 2.53 bits per heavy atom. The van der Waals surface area contributed by atoms with Crippen molar-refractivity contribution in [3.63, 3.8) is 0 Å². The third-order valence-electron chi connectivity index (χ3n) is 3.46. The van der Waals surface area contributed by atoms with Gasteiger partial charge in [0.05, 0.1) is 4.90 Å². The molecule has 1 aromatic rings. The molecule has 0 saturated heterocycles. The average molecular weight is 281 g/mol. The molecule has 0 heterocycles. The maximum Gasteiger partial charge on any atom is 0.251 e. The van der Waals surface area contributed by atoms with Gasteiger partial charge in [-0.05, 0) is 31.0 Å². The van der Waals surface area contributed by atoms with Crippen molar-refractivity contribution in [1.29, 1.82) is 0 Å². The Hall–Kier alpha value is -1.36. The normalized spacial score (nSPS) is 17.1. The highest BCUT2D eigenvalue weighted by atomic mass is 32.2. The summed E-state index contributed by atoms with van der Waals surface area (Å²) in [6.07, 6.45) is 6.69. The number of hydrogen-bond donors (Lipinski definition) is 1. The lowest BCUT2D eigenvalue weighted by Gasteiger charge is -2.22. The first-order valence-electron chi connectivity index (χ1n) is 6.58. The second-order valence-corrected chi connectivity index (χ2v) is 7.12. The lowest BCUT2D eigenvalue weighted by atomic mass is 9.95. The summed E-state index contributed by atoms with van der Waals surface area (Å²) in [4.78, 5) is 12.3. The van der Waals surface area contributed by atoms with Crippen LogP contribution in [0.4, 0.5) is 0 Å². The van der Waals surface area contributed by atoms with Crippen LogP contribution in [0.5, 0.6) is 0 Å². The van der Waals surface area contributed by atoms with Gasteiger partial charge >= 0.3 is 0 Å². The Morgan fingerprint density at radius 1 is 1.21 bits per heavy atom. The third-order valence-corrected chi connectivity index (χ3v) is 4.58. The van der Waals surface area contributed by atoms with Crippen LogP contribution in [0.2, 0.25) is 0 Å². The Kier molecular flexibility index (Phi) is 4.24. The summed E-state index contributed by atoms with van der Waals surface area (Å²) < 4.78 is 22.9. The minimum absolute atomic E-state index is 0.183. The fourth-order valence-corrected chi connectivity index (χ4v) is 3.05. The summed E-state index contributed by atoms with van der Waals surface area (Å²) in [6.45, 7) is 0.